The van der Waals surface area contributed by atoms with E-state index in [1.54, 1.807) is 25.1 Å². The van der Waals surface area contributed by atoms with E-state index in [4.69, 9.17) is 15.3 Å². The molecule has 0 aliphatic carbocycles. The quantitative estimate of drug-likeness (QED) is 0.810. The highest BCUT2D eigenvalue weighted by atomic mass is 19.1. The fraction of sp³-hybridized carbons (Fsp3) is 0.125. The minimum atomic E-state index is -1.23. The Labute approximate surface area is 126 Å². The predicted octanol–water partition coefficient (Wildman–Crippen LogP) is 2.96. The summed E-state index contributed by atoms with van der Waals surface area (Å²) in [6.07, 6.45) is -0.721. The van der Waals surface area contributed by atoms with Gasteiger partial charge in [0.2, 0.25) is 0 Å². The van der Waals surface area contributed by atoms with E-state index in [0.29, 0.717) is 5.56 Å². The largest absolute Gasteiger partial charge is 0.478 e. The van der Waals surface area contributed by atoms with Crippen LogP contribution in [0.5, 0.6) is 0 Å². The maximum atomic E-state index is 12.7. The number of carboxylic acids is 2. The van der Waals surface area contributed by atoms with Crippen molar-refractivity contribution in [2.45, 2.75) is 13.0 Å². The number of hydrogen-bond acceptors (Lipinski definition) is 3. The summed E-state index contributed by atoms with van der Waals surface area (Å²) in [7, 11) is 0. The molecule has 2 aromatic rings. The molecular weight excluding hydrogens is 291 g/mol. The first-order chi connectivity index (χ1) is 10.3. The van der Waals surface area contributed by atoms with Gasteiger partial charge in [-0.2, -0.15) is 0 Å². The van der Waals surface area contributed by atoms with Crippen LogP contribution in [0.25, 0.3) is 0 Å². The van der Waals surface area contributed by atoms with Gasteiger partial charge in [0.25, 0.3) is 0 Å². The summed E-state index contributed by atoms with van der Waals surface area (Å²) in [4.78, 5) is 20.9. The fourth-order valence-electron chi connectivity index (χ4n) is 1.67. The van der Waals surface area contributed by atoms with Crippen molar-refractivity contribution in [3.63, 3.8) is 0 Å². The maximum absolute atomic E-state index is 12.7. The number of rotatable bonds is 3. The standard InChI is InChI=1S/C8H9FO.C8H6O4/c1-6(10)7-4-2-3-5-8(7)9;9-7(10)5-3-1-2-4-6(5)8(11)12/h2-6,10H,1H3;1-4H,(H,9,10)(H,11,12). The molecule has 0 aliphatic heterocycles. The molecule has 22 heavy (non-hydrogen) atoms. The van der Waals surface area contributed by atoms with Crippen LogP contribution in [0.15, 0.2) is 48.5 Å². The van der Waals surface area contributed by atoms with Crippen molar-refractivity contribution >= 4 is 11.9 Å². The van der Waals surface area contributed by atoms with Gasteiger partial charge in [-0.3, -0.25) is 0 Å². The zero-order chi connectivity index (χ0) is 16.7. The summed E-state index contributed by atoms with van der Waals surface area (Å²) in [5, 5.41) is 26.1. The fourth-order valence-corrected chi connectivity index (χ4v) is 1.67. The third-order valence-corrected chi connectivity index (χ3v) is 2.74. The van der Waals surface area contributed by atoms with Crippen LogP contribution in [-0.2, 0) is 0 Å². The SMILES string of the molecule is CC(O)c1ccccc1F.O=C(O)c1ccccc1C(=O)O. The van der Waals surface area contributed by atoms with E-state index in [9.17, 15) is 14.0 Å². The number of hydrogen-bond donors (Lipinski definition) is 3. The van der Waals surface area contributed by atoms with Gasteiger partial charge in [0.05, 0.1) is 17.2 Å². The lowest BCUT2D eigenvalue weighted by Crippen LogP contribution is -2.06. The van der Waals surface area contributed by atoms with Crippen molar-refractivity contribution < 1.29 is 29.3 Å². The van der Waals surface area contributed by atoms with Gasteiger partial charge in [0, 0.05) is 5.56 Å². The molecule has 0 spiro atoms. The molecule has 6 heteroatoms. The van der Waals surface area contributed by atoms with Crippen LogP contribution in [0, 0.1) is 5.82 Å². The van der Waals surface area contributed by atoms with Crippen LogP contribution in [0.1, 0.15) is 39.3 Å². The lowest BCUT2D eigenvalue weighted by Gasteiger charge is -2.03. The minimum Gasteiger partial charge on any atom is -0.478 e. The average Bonchev–Trinajstić information content (AvgIpc) is 2.48. The number of aromatic carboxylic acids is 2. The van der Waals surface area contributed by atoms with E-state index in [1.807, 2.05) is 0 Å². The highest BCUT2D eigenvalue weighted by molar-refractivity contribution is 6.01. The van der Waals surface area contributed by atoms with Gasteiger partial charge in [-0.05, 0) is 25.1 Å². The summed E-state index contributed by atoms with van der Waals surface area (Å²) < 4.78 is 12.7. The van der Waals surface area contributed by atoms with Crippen molar-refractivity contribution in [2.24, 2.45) is 0 Å². The number of halogens is 1. The van der Waals surface area contributed by atoms with E-state index in [-0.39, 0.29) is 16.9 Å². The second-order valence-corrected chi connectivity index (χ2v) is 4.35. The molecule has 2 rings (SSSR count). The molecule has 0 saturated heterocycles. The van der Waals surface area contributed by atoms with Crippen LogP contribution in [0.3, 0.4) is 0 Å². The summed E-state index contributed by atoms with van der Waals surface area (Å²) >= 11 is 0. The van der Waals surface area contributed by atoms with E-state index in [0.717, 1.165) is 0 Å². The first-order valence-corrected chi connectivity index (χ1v) is 6.32. The van der Waals surface area contributed by atoms with Crippen molar-refractivity contribution in [3.8, 4) is 0 Å². The molecule has 1 atom stereocenters. The Morgan fingerprint density at radius 3 is 1.64 bits per heavy atom. The summed E-state index contributed by atoms with van der Waals surface area (Å²) in [5.41, 5.74) is -0.0301. The Kier molecular flexibility index (Phi) is 6.22. The van der Waals surface area contributed by atoms with Gasteiger partial charge in [0.15, 0.2) is 0 Å². The average molecular weight is 306 g/mol. The zero-order valence-electron chi connectivity index (χ0n) is 11.7. The van der Waals surface area contributed by atoms with Crippen molar-refractivity contribution in [3.05, 3.63) is 71.0 Å². The molecule has 1 unspecified atom stereocenters. The van der Waals surface area contributed by atoms with E-state index in [2.05, 4.69) is 0 Å². The Morgan fingerprint density at radius 2 is 1.32 bits per heavy atom. The zero-order valence-corrected chi connectivity index (χ0v) is 11.7. The third-order valence-electron chi connectivity index (χ3n) is 2.74. The first kappa shape index (κ1) is 17.3. The van der Waals surface area contributed by atoms with Crippen molar-refractivity contribution in [2.75, 3.05) is 0 Å². The van der Waals surface area contributed by atoms with Crippen LogP contribution >= 0.6 is 0 Å². The summed E-state index contributed by atoms with van der Waals surface area (Å²) in [6.45, 7) is 1.54. The van der Waals surface area contributed by atoms with Crippen LogP contribution in [0.4, 0.5) is 4.39 Å². The van der Waals surface area contributed by atoms with Crippen LogP contribution < -0.4 is 0 Å². The Hall–Kier alpha value is -2.73. The minimum absolute atomic E-state index is 0.190. The van der Waals surface area contributed by atoms with Crippen molar-refractivity contribution in [1.82, 2.24) is 0 Å². The number of benzene rings is 2. The second kappa shape index (κ2) is 7.90. The summed E-state index contributed by atoms with van der Waals surface area (Å²) in [6, 6.07) is 11.7. The molecule has 0 saturated carbocycles. The molecule has 3 N–H and O–H groups in total. The Morgan fingerprint density at radius 1 is 0.909 bits per heavy atom. The van der Waals surface area contributed by atoms with Gasteiger partial charge < -0.3 is 15.3 Å². The normalized spacial score (nSPS) is 11.0. The predicted molar refractivity (Wildman–Crippen MR) is 77.4 cm³/mol. The Bertz CT molecular complexity index is 634. The van der Waals surface area contributed by atoms with E-state index < -0.39 is 18.0 Å². The van der Waals surface area contributed by atoms with Crippen LogP contribution in [-0.4, -0.2) is 27.3 Å². The molecular formula is C16H15FO5. The van der Waals surface area contributed by atoms with Gasteiger partial charge in [0.1, 0.15) is 5.82 Å². The van der Waals surface area contributed by atoms with Crippen molar-refractivity contribution in [1.29, 1.82) is 0 Å². The Balaban J connectivity index is 0.000000224. The monoisotopic (exact) mass is 306 g/mol. The van der Waals surface area contributed by atoms with Crippen LogP contribution in [0.2, 0.25) is 0 Å². The number of aliphatic hydroxyl groups is 1. The third kappa shape index (κ3) is 4.68. The van der Waals surface area contributed by atoms with E-state index in [1.165, 1.54) is 30.3 Å². The smallest absolute Gasteiger partial charge is 0.336 e. The van der Waals surface area contributed by atoms with Gasteiger partial charge in [-0.15, -0.1) is 0 Å². The number of carboxylic acid groups (broad SMARTS) is 2. The molecule has 5 nitrogen and oxygen atoms in total. The molecule has 0 bridgehead atoms. The molecule has 2 aromatic carbocycles. The topological polar surface area (TPSA) is 94.8 Å². The molecule has 0 amide bonds. The van der Waals surface area contributed by atoms with Gasteiger partial charge in [-0.1, -0.05) is 30.3 Å². The molecule has 0 aromatic heterocycles. The molecule has 0 fully saturated rings. The summed E-state index contributed by atoms with van der Waals surface area (Å²) in [5.74, 6) is -2.81. The number of aliphatic hydroxyl groups excluding tert-OH is 1. The number of carbonyl (C=O) groups is 2. The van der Waals surface area contributed by atoms with E-state index >= 15 is 0 Å². The molecule has 0 heterocycles. The molecule has 116 valence electrons. The van der Waals surface area contributed by atoms with Gasteiger partial charge >= 0.3 is 11.9 Å². The molecule has 0 aliphatic rings. The second-order valence-electron chi connectivity index (χ2n) is 4.35. The lowest BCUT2D eigenvalue weighted by molar-refractivity contribution is 0.0651. The van der Waals surface area contributed by atoms with Gasteiger partial charge in [-0.25, -0.2) is 14.0 Å². The maximum Gasteiger partial charge on any atom is 0.336 e. The first-order valence-electron chi connectivity index (χ1n) is 6.32. The molecule has 0 radical (unpaired) electrons. The lowest BCUT2D eigenvalue weighted by atomic mass is 10.1. The highest BCUT2D eigenvalue weighted by Crippen LogP contribution is 2.14. The highest BCUT2D eigenvalue weighted by Gasteiger charge is 2.13.